The molecule has 0 atom stereocenters. The second kappa shape index (κ2) is 6.91. The van der Waals surface area contributed by atoms with Gasteiger partial charge in [0.1, 0.15) is 5.82 Å². The van der Waals surface area contributed by atoms with E-state index in [0.717, 1.165) is 5.56 Å². The number of hydrogen-bond donors (Lipinski definition) is 2. The summed E-state index contributed by atoms with van der Waals surface area (Å²) in [6.07, 6.45) is 0. The summed E-state index contributed by atoms with van der Waals surface area (Å²) in [6, 6.07) is 9.02. The number of aryl methyl sites for hydroxylation is 2. The highest BCUT2D eigenvalue weighted by molar-refractivity contribution is 5.98. The van der Waals surface area contributed by atoms with Gasteiger partial charge in [-0.15, -0.1) is 0 Å². The molecular weight excluding hydrogens is 299 g/mol. The maximum atomic E-state index is 13.2. The van der Waals surface area contributed by atoms with E-state index in [1.54, 1.807) is 32.0 Å². The molecule has 120 valence electrons. The van der Waals surface area contributed by atoms with Gasteiger partial charge in [-0.25, -0.2) is 9.18 Å². The summed E-state index contributed by atoms with van der Waals surface area (Å²) in [5, 5.41) is 2.50. The summed E-state index contributed by atoms with van der Waals surface area (Å²) in [5.41, 5.74) is 8.12. The molecule has 0 aliphatic heterocycles. The molecule has 0 spiro atoms. The van der Waals surface area contributed by atoms with Crippen LogP contribution in [0, 0.1) is 19.7 Å². The molecule has 0 aliphatic rings. The van der Waals surface area contributed by atoms with E-state index in [2.05, 4.69) is 5.32 Å². The highest BCUT2D eigenvalue weighted by Crippen LogP contribution is 2.18. The molecule has 23 heavy (non-hydrogen) atoms. The Kier molecular flexibility index (Phi) is 4.95. The van der Waals surface area contributed by atoms with Crippen molar-refractivity contribution < 1.29 is 18.7 Å². The Balaban J connectivity index is 1.98. The number of halogens is 1. The average Bonchev–Trinajstić information content (AvgIpc) is 2.51. The number of carbonyl (C=O) groups is 2. The molecule has 3 N–H and O–H groups in total. The summed E-state index contributed by atoms with van der Waals surface area (Å²) >= 11 is 0. The van der Waals surface area contributed by atoms with Crippen molar-refractivity contribution in [3.05, 3.63) is 58.9 Å². The minimum Gasteiger partial charge on any atom is -0.452 e. The smallest absolute Gasteiger partial charge is 0.340 e. The highest BCUT2D eigenvalue weighted by Gasteiger charge is 2.14. The Morgan fingerprint density at radius 2 is 1.91 bits per heavy atom. The molecule has 6 heteroatoms. The molecule has 0 aromatic heterocycles. The zero-order valence-corrected chi connectivity index (χ0v) is 12.9. The van der Waals surface area contributed by atoms with E-state index in [1.165, 1.54) is 18.2 Å². The summed E-state index contributed by atoms with van der Waals surface area (Å²) < 4.78 is 18.1. The lowest BCUT2D eigenvalue weighted by atomic mass is 10.1. The maximum Gasteiger partial charge on any atom is 0.340 e. The van der Waals surface area contributed by atoms with Crippen molar-refractivity contribution >= 4 is 23.3 Å². The average molecular weight is 316 g/mol. The SMILES string of the molecule is Cc1ccc(F)cc1NC(=O)COC(=O)c1cccc(C)c1N. The number of carbonyl (C=O) groups excluding carboxylic acids is 2. The number of nitrogens with one attached hydrogen (secondary N) is 1. The van der Waals surface area contributed by atoms with Crippen LogP contribution in [0.1, 0.15) is 21.5 Å². The van der Waals surface area contributed by atoms with E-state index in [9.17, 15) is 14.0 Å². The fourth-order valence-electron chi connectivity index (χ4n) is 1.98. The van der Waals surface area contributed by atoms with Crippen molar-refractivity contribution in [3.63, 3.8) is 0 Å². The van der Waals surface area contributed by atoms with Gasteiger partial charge in [-0.05, 0) is 43.2 Å². The van der Waals surface area contributed by atoms with Crippen LogP contribution in [-0.4, -0.2) is 18.5 Å². The van der Waals surface area contributed by atoms with Gasteiger partial charge in [-0.3, -0.25) is 4.79 Å². The van der Waals surface area contributed by atoms with E-state index in [1.807, 2.05) is 0 Å². The van der Waals surface area contributed by atoms with Crippen LogP contribution in [0.3, 0.4) is 0 Å². The fourth-order valence-corrected chi connectivity index (χ4v) is 1.98. The van der Waals surface area contributed by atoms with Crippen molar-refractivity contribution in [1.29, 1.82) is 0 Å². The first-order valence-corrected chi connectivity index (χ1v) is 6.96. The van der Waals surface area contributed by atoms with E-state index in [-0.39, 0.29) is 5.56 Å². The number of esters is 1. The lowest BCUT2D eigenvalue weighted by Gasteiger charge is -2.10. The van der Waals surface area contributed by atoms with Crippen molar-refractivity contribution in [2.45, 2.75) is 13.8 Å². The first kappa shape index (κ1) is 16.5. The van der Waals surface area contributed by atoms with Gasteiger partial charge in [0.25, 0.3) is 5.91 Å². The van der Waals surface area contributed by atoms with Crippen molar-refractivity contribution in [1.82, 2.24) is 0 Å². The number of hydrogen-bond acceptors (Lipinski definition) is 4. The van der Waals surface area contributed by atoms with E-state index < -0.39 is 24.3 Å². The molecule has 0 fully saturated rings. The molecule has 0 radical (unpaired) electrons. The quantitative estimate of drug-likeness (QED) is 0.671. The number of anilines is 2. The standard InChI is InChI=1S/C17H17FN2O3/c1-10-6-7-12(18)8-14(10)20-15(21)9-23-17(22)13-5-3-4-11(2)16(13)19/h3-8H,9,19H2,1-2H3,(H,20,21). The number of amides is 1. The summed E-state index contributed by atoms with van der Waals surface area (Å²) in [7, 11) is 0. The summed E-state index contributed by atoms with van der Waals surface area (Å²) in [5.74, 6) is -1.70. The van der Waals surface area contributed by atoms with Gasteiger partial charge < -0.3 is 15.8 Å². The number of rotatable bonds is 4. The van der Waals surface area contributed by atoms with Crippen LogP contribution in [0.15, 0.2) is 36.4 Å². The molecule has 2 aromatic rings. The molecule has 2 aromatic carbocycles. The Labute approximate surface area is 133 Å². The van der Waals surface area contributed by atoms with Gasteiger partial charge in [0, 0.05) is 11.4 Å². The Bertz CT molecular complexity index is 759. The van der Waals surface area contributed by atoms with Crippen LogP contribution < -0.4 is 11.1 Å². The van der Waals surface area contributed by atoms with Crippen LogP contribution in [0.2, 0.25) is 0 Å². The monoisotopic (exact) mass is 316 g/mol. The minimum atomic E-state index is -0.683. The predicted octanol–water partition coefficient (Wildman–Crippen LogP) is 2.82. The summed E-state index contributed by atoms with van der Waals surface area (Å²) in [4.78, 5) is 23.8. The summed E-state index contributed by atoms with van der Waals surface area (Å²) in [6.45, 7) is 3.02. The van der Waals surface area contributed by atoms with Gasteiger partial charge >= 0.3 is 5.97 Å². The van der Waals surface area contributed by atoms with Gasteiger partial charge in [0.05, 0.1) is 5.56 Å². The molecule has 0 saturated heterocycles. The first-order valence-electron chi connectivity index (χ1n) is 6.96. The topological polar surface area (TPSA) is 81.4 Å². The first-order chi connectivity index (χ1) is 10.9. The van der Waals surface area contributed by atoms with Crippen LogP contribution >= 0.6 is 0 Å². The molecule has 0 saturated carbocycles. The van der Waals surface area contributed by atoms with Crippen molar-refractivity contribution in [3.8, 4) is 0 Å². The zero-order valence-electron chi connectivity index (χ0n) is 12.9. The number of nitrogens with two attached hydrogens (primary N) is 1. The number of ether oxygens (including phenoxy) is 1. The molecule has 0 aliphatic carbocycles. The highest BCUT2D eigenvalue weighted by atomic mass is 19.1. The number of para-hydroxylation sites is 1. The van der Waals surface area contributed by atoms with Crippen molar-refractivity contribution in [2.75, 3.05) is 17.7 Å². The minimum absolute atomic E-state index is 0.208. The van der Waals surface area contributed by atoms with Crippen LogP contribution in [0.5, 0.6) is 0 Å². The Morgan fingerprint density at radius 3 is 2.65 bits per heavy atom. The normalized spacial score (nSPS) is 10.2. The Hall–Kier alpha value is -2.89. The van der Waals surface area contributed by atoms with E-state index in [4.69, 9.17) is 10.5 Å². The van der Waals surface area contributed by atoms with Gasteiger partial charge in [0.15, 0.2) is 6.61 Å². The number of nitrogen functional groups attached to an aromatic ring is 1. The molecular formula is C17H17FN2O3. The Morgan fingerprint density at radius 1 is 1.17 bits per heavy atom. The number of benzene rings is 2. The third kappa shape index (κ3) is 4.06. The van der Waals surface area contributed by atoms with Crippen molar-refractivity contribution in [2.24, 2.45) is 0 Å². The molecule has 0 heterocycles. The second-order valence-corrected chi connectivity index (χ2v) is 5.12. The van der Waals surface area contributed by atoms with Gasteiger partial charge in [-0.1, -0.05) is 18.2 Å². The second-order valence-electron chi connectivity index (χ2n) is 5.12. The van der Waals surface area contributed by atoms with Crippen LogP contribution in [-0.2, 0) is 9.53 Å². The molecule has 1 amide bonds. The van der Waals surface area contributed by atoms with E-state index >= 15 is 0 Å². The third-order valence-electron chi connectivity index (χ3n) is 3.35. The van der Waals surface area contributed by atoms with Crippen LogP contribution in [0.25, 0.3) is 0 Å². The molecule has 5 nitrogen and oxygen atoms in total. The van der Waals surface area contributed by atoms with Crippen LogP contribution in [0.4, 0.5) is 15.8 Å². The molecule has 0 unspecified atom stereocenters. The van der Waals surface area contributed by atoms with Gasteiger partial charge in [-0.2, -0.15) is 0 Å². The van der Waals surface area contributed by atoms with E-state index in [0.29, 0.717) is 16.9 Å². The molecule has 0 bridgehead atoms. The zero-order chi connectivity index (χ0) is 17.0. The lowest BCUT2D eigenvalue weighted by Crippen LogP contribution is -2.22. The molecule has 2 rings (SSSR count). The van der Waals surface area contributed by atoms with Gasteiger partial charge in [0.2, 0.25) is 0 Å². The predicted molar refractivity (Wildman–Crippen MR) is 85.6 cm³/mol. The lowest BCUT2D eigenvalue weighted by molar-refractivity contribution is -0.119. The third-order valence-corrected chi connectivity index (χ3v) is 3.35. The fraction of sp³-hybridized carbons (Fsp3) is 0.176. The maximum absolute atomic E-state index is 13.2. The largest absolute Gasteiger partial charge is 0.452 e.